The van der Waals surface area contributed by atoms with Gasteiger partial charge in [0.2, 0.25) is 0 Å². The highest BCUT2D eigenvalue weighted by molar-refractivity contribution is 6.00. The lowest BCUT2D eigenvalue weighted by Gasteiger charge is -2.14. The van der Waals surface area contributed by atoms with Gasteiger partial charge in [-0.3, -0.25) is 0 Å². The van der Waals surface area contributed by atoms with E-state index in [1.165, 1.54) is 6.07 Å². The van der Waals surface area contributed by atoms with Gasteiger partial charge in [0.05, 0.1) is 6.42 Å². The number of aromatic hydroxyl groups is 2. The zero-order valence-corrected chi connectivity index (χ0v) is 13.7. The summed E-state index contributed by atoms with van der Waals surface area (Å²) in [7, 11) is 0. The highest BCUT2D eigenvalue weighted by Gasteiger charge is 2.23. The molecule has 1 heterocycles. The lowest BCUT2D eigenvalue weighted by Crippen LogP contribution is -2.17. The molecule has 126 valence electrons. The molecule has 1 aliphatic rings. The number of carbonyl (C=O) groups excluding carboxylic acids is 1. The predicted octanol–water partition coefficient (Wildman–Crippen LogP) is 2.69. The molecule has 5 heteroatoms. The molecule has 0 bridgehead atoms. The first-order chi connectivity index (χ1) is 11.5. The van der Waals surface area contributed by atoms with Gasteiger partial charge >= 0.3 is 11.7 Å². The van der Waals surface area contributed by atoms with Crippen LogP contribution in [-0.2, 0) is 11.2 Å². The molecule has 5 nitrogen and oxygen atoms in total. The molecule has 0 aliphatic carbocycles. The summed E-state index contributed by atoms with van der Waals surface area (Å²) >= 11 is 0. The van der Waals surface area contributed by atoms with Gasteiger partial charge in [-0.25, -0.2) is 4.79 Å². The summed E-state index contributed by atoms with van der Waals surface area (Å²) in [6, 6.07) is 2.57. The number of nitrogens with zero attached hydrogens (tertiary/aromatic N) is 1. The molecule has 0 radical (unpaired) electrons. The van der Waals surface area contributed by atoms with Crippen LogP contribution in [0.25, 0.3) is 0 Å². The maximum absolute atomic E-state index is 12.5. The van der Waals surface area contributed by atoms with Crippen LogP contribution in [0.15, 0.2) is 36.4 Å². The number of rotatable bonds is 0. The van der Waals surface area contributed by atoms with Crippen LogP contribution in [0.4, 0.5) is 0 Å². The Hall–Kier alpha value is -2.78. The van der Waals surface area contributed by atoms with Crippen LogP contribution in [0, 0.1) is 0 Å². The minimum Gasteiger partial charge on any atom is -0.508 e. The number of ether oxygens (including phenoxy) is 1. The third-order valence-electron chi connectivity index (χ3n) is 3.72. The van der Waals surface area contributed by atoms with Crippen molar-refractivity contribution in [2.45, 2.75) is 38.7 Å². The van der Waals surface area contributed by atoms with Crippen molar-refractivity contribution in [2.24, 2.45) is 0 Å². The van der Waals surface area contributed by atoms with E-state index in [-0.39, 0.29) is 29.6 Å². The summed E-state index contributed by atoms with van der Waals surface area (Å²) in [4.78, 5) is 12.5. The molecule has 0 aromatic heterocycles. The number of allylic oxidation sites excluding steroid dienone is 3. The van der Waals surface area contributed by atoms with E-state index in [2.05, 4.69) is 11.4 Å². The number of phenols is 2. The fraction of sp³-hybridized carbons (Fsp3) is 0.316. The third-order valence-corrected chi connectivity index (χ3v) is 3.72. The molecular formula is C19H22NO4+. The molecule has 2 N–H and O–H groups in total. The first kappa shape index (κ1) is 17.6. The van der Waals surface area contributed by atoms with Crippen LogP contribution in [0.2, 0.25) is 0 Å². The maximum Gasteiger partial charge on any atom is 0.342 e. The summed E-state index contributed by atoms with van der Waals surface area (Å²) in [5.41, 5.74) is 1.14. The van der Waals surface area contributed by atoms with Crippen LogP contribution in [0.1, 0.15) is 42.1 Å². The van der Waals surface area contributed by atoms with E-state index in [1.54, 1.807) is 6.92 Å². The minimum absolute atomic E-state index is 0.0511. The van der Waals surface area contributed by atoms with Crippen LogP contribution in [0.5, 0.6) is 11.5 Å². The number of cyclic esters (lactones) is 1. The molecule has 0 saturated heterocycles. The normalized spacial score (nSPS) is 21.8. The Morgan fingerprint density at radius 1 is 1.21 bits per heavy atom. The van der Waals surface area contributed by atoms with Crippen molar-refractivity contribution < 1.29 is 19.7 Å². The van der Waals surface area contributed by atoms with E-state index in [9.17, 15) is 15.0 Å². The number of carbonyl (C=O) groups is 1. The Morgan fingerprint density at radius 3 is 2.71 bits per heavy atom. The summed E-state index contributed by atoms with van der Waals surface area (Å²) in [6.07, 6.45) is 10.2. The molecule has 2 rings (SSSR count). The van der Waals surface area contributed by atoms with Crippen molar-refractivity contribution in [3.63, 3.8) is 0 Å². The van der Waals surface area contributed by atoms with Crippen molar-refractivity contribution in [1.29, 1.82) is 0 Å². The van der Waals surface area contributed by atoms with E-state index >= 15 is 0 Å². The second kappa shape index (κ2) is 8.18. The van der Waals surface area contributed by atoms with Crippen molar-refractivity contribution in [3.05, 3.63) is 47.6 Å². The molecule has 0 fully saturated rings. The van der Waals surface area contributed by atoms with Gasteiger partial charge < -0.3 is 14.9 Å². The second-order valence-electron chi connectivity index (χ2n) is 5.73. The predicted molar refractivity (Wildman–Crippen MR) is 94.7 cm³/mol. The molecule has 1 aromatic carbocycles. The molecule has 0 spiro atoms. The summed E-state index contributed by atoms with van der Waals surface area (Å²) < 4.78 is 9.37. The van der Waals surface area contributed by atoms with Gasteiger partial charge in [-0.05, 0) is 31.4 Å². The molecule has 1 unspecified atom stereocenters. The van der Waals surface area contributed by atoms with Crippen molar-refractivity contribution in [2.75, 3.05) is 0 Å². The van der Waals surface area contributed by atoms with Gasteiger partial charge in [0.15, 0.2) is 0 Å². The molecule has 1 aromatic rings. The number of fused-ring (bicyclic) bond motifs is 1. The Morgan fingerprint density at radius 2 is 1.96 bits per heavy atom. The average molecular weight is 328 g/mol. The Balaban J connectivity index is 2.47. The maximum atomic E-state index is 12.5. The standard InChI is InChI=1S/C19H21NO4/c1-13-8-6-4-3-5-7-9-15(20-2)10-14-11-16(21)12-17(22)18(14)19(23)24-13/h4,6-7,9,11-13H,2-3,5,8,10H2,1H3,(H-,21,22,23)/p+1/b6-4+,9-7+. The van der Waals surface area contributed by atoms with Gasteiger partial charge in [-0.15, -0.1) is 4.67 Å². The van der Waals surface area contributed by atoms with Gasteiger partial charge in [-0.2, -0.15) is 0 Å². The molecule has 1 atom stereocenters. The molecule has 0 amide bonds. The first-order valence-corrected chi connectivity index (χ1v) is 7.91. The topological polar surface area (TPSA) is 80.9 Å². The molecule has 0 saturated carbocycles. The highest BCUT2D eigenvalue weighted by Crippen LogP contribution is 2.29. The lowest BCUT2D eigenvalue weighted by molar-refractivity contribution is 0.0343. The average Bonchev–Trinajstić information content (AvgIpc) is 2.51. The van der Waals surface area contributed by atoms with E-state index in [0.29, 0.717) is 17.7 Å². The quantitative estimate of drug-likeness (QED) is 0.332. The van der Waals surface area contributed by atoms with Crippen LogP contribution < -0.4 is 4.67 Å². The van der Waals surface area contributed by atoms with Crippen LogP contribution >= 0.6 is 0 Å². The van der Waals surface area contributed by atoms with Gasteiger partial charge in [-0.1, -0.05) is 18.2 Å². The van der Waals surface area contributed by atoms with Crippen molar-refractivity contribution >= 4 is 18.4 Å². The van der Waals surface area contributed by atoms with Crippen molar-refractivity contribution in [1.82, 2.24) is 4.67 Å². The van der Waals surface area contributed by atoms with Gasteiger partial charge in [0.1, 0.15) is 23.2 Å². The zero-order chi connectivity index (χ0) is 17.5. The fourth-order valence-electron chi connectivity index (χ4n) is 2.51. The van der Waals surface area contributed by atoms with E-state index in [0.717, 1.165) is 18.9 Å². The van der Waals surface area contributed by atoms with E-state index in [4.69, 9.17) is 4.74 Å². The van der Waals surface area contributed by atoms with Crippen LogP contribution in [-0.4, -0.2) is 34.7 Å². The number of esters is 1. The number of hydrogen-bond acceptors (Lipinski definition) is 4. The SMILES string of the molecule is C=[N+]=C1/C=C/CC/C=C/CC(C)OC(=O)c2c(O)cc(O)cc2C1. The van der Waals surface area contributed by atoms with E-state index in [1.807, 2.05) is 24.3 Å². The Bertz CT molecular complexity index is 727. The lowest BCUT2D eigenvalue weighted by atomic mass is 9.99. The fourth-order valence-corrected chi connectivity index (χ4v) is 2.51. The van der Waals surface area contributed by atoms with E-state index < -0.39 is 5.97 Å². The number of phenolic OH excluding ortho intramolecular Hbond substituents is 2. The summed E-state index contributed by atoms with van der Waals surface area (Å²) in [5.74, 6) is -1.05. The largest absolute Gasteiger partial charge is 0.508 e. The summed E-state index contributed by atoms with van der Waals surface area (Å²) in [6.45, 7) is 5.34. The molecular weight excluding hydrogens is 306 g/mol. The molecule has 1 aliphatic heterocycles. The van der Waals surface area contributed by atoms with Crippen LogP contribution in [0.3, 0.4) is 0 Å². The highest BCUT2D eigenvalue weighted by atomic mass is 16.5. The molecule has 24 heavy (non-hydrogen) atoms. The summed E-state index contributed by atoms with van der Waals surface area (Å²) in [5, 5.41) is 19.9. The monoisotopic (exact) mass is 328 g/mol. The third kappa shape index (κ3) is 4.61. The smallest absolute Gasteiger partial charge is 0.342 e. The number of benzene rings is 1. The zero-order valence-electron chi connectivity index (χ0n) is 13.7. The van der Waals surface area contributed by atoms with Crippen molar-refractivity contribution in [3.8, 4) is 11.5 Å². The van der Waals surface area contributed by atoms with Gasteiger partial charge in [0, 0.05) is 18.6 Å². The Kier molecular flexibility index (Phi) is 5.99. The number of hydrogen-bond donors (Lipinski definition) is 2. The van der Waals surface area contributed by atoms with Gasteiger partial charge in [0.25, 0.3) is 6.72 Å². The Labute approximate surface area is 141 Å². The first-order valence-electron chi connectivity index (χ1n) is 7.91. The minimum atomic E-state index is -0.618. The second-order valence-corrected chi connectivity index (χ2v) is 5.73.